The minimum Gasteiger partial charge on any atom is -0.465 e. The number of carbonyl (C=O) groups excluding carboxylic acids is 2. The number of rotatable bonds is 6. The van der Waals surface area contributed by atoms with Gasteiger partial charge in [0, 0.05) is 6.42 Å². The molecule has 0 atom stereocenters. The van der Waals surface area contributed by atoms with Gasteiger partial charge < -0.3 is 15.4 Å². The van der Waals surface area contributed by atoms with Crippen LogP contribution in [-0.4, -0.2) is 32.6 Å². The number of amides is 1. The topological polar surface area (TPSA) is 67.4 Å². The highest BCUT2D eigenvalue weighted by molar-refractivity contribution is 6.01. The minimum absolute atomic E-state index is 0.107. The lowest BCUT2D eigenvalue weighted by molar-refractivity contribution is -0.116. The van der Waals surface area contributed by atoms with Crippen molar-refractivity contribution in [3.8, 4) is 0 Å². The molecule has 0 unspecified atom stereocenters. The smallest absolute Gasteiger partial charge is 0.339 e. The lowest BCUT2D eigenvalue weighted by atomic mass is 10.1. The van der Waals surface area contributed by atoms with E-state index in [9.17, 15) is 9.59 Å². The van der Waals surface area contributed by atoms with Crippen LogP contribution < -0.4 is 10.6 Å². The zero-order valence-corrected chi connectivity index (χ0v) is 11.6. The van der Waals surface area contributed by atoms with Crippen LogP contribution in [0.15, 0.2) is 18.2 Å². The highest BCUT2D eigenvalue weighted by Crippen LogP contribution is 2.18. The maximum atomic E-state index is 11.7. The summed E-state index contributed by atoms with van der Waals surface area (Å²) < 4.78 is 4.71. The summed E-state index contributed by atoms with van der Waals surface area (Å²) in [7, 11) is 3.16. The van der Waals surface area contributed by atoms with Gasteiger partial charge in [-0.25, -0.2) is 4.79 Å². The first kappa shape index (κ1) is 15.2. The van der Waals surface area contributed by atoms with Crippen molar-refractivity contribution in [2.45, 2.75) is 19.8 Å². The molecule has 1 amide bonds. The van der Waals surface area contributed by atoms with Gasteiger partial charge in [-0.15, -0.1) is 0 Å². The summed E-state index contributed by atoms with van der Waals surface area (Å²) in [4.78, 5) is 23.4. The molecule has 0 spiro atoms. The predicted molar refractivity (Wildman–Crippen MR) is 74.3 cm³/mol. The van der Waals surface area contributed by atoms with Crippen LogP contribution in [0.5, 0.6) is 0 Å². The third-order valence-corrected chi connectivity index (χ3v) is 2.69. The van der Waals surface area contributed by atoms with Gasteiger partial charge in [0.15, 0.2) is 0 Å². The number of aryl methyl sites for hydroxylation is 1. The average Bonchev–Trinajstić information content (AvgIpc) is 2.40. The van der Waals surface area contributed by atoms with E-state index < -0.39 is 5.97 Å². The predicted octanol–water partition coefficient (Wildman–Crippen LogP) is 1.72. The zero-order valence-electron chi connectivity index (χ0n) is 11.6. The van der Waals surface area contributed by atoms with Gasteiger partial charge in [-0.3, -0.25) is 4.79 Å². The van der Waals surface area contributed by atoms with Gasteiger partial charge in [0.2, 0.25) is 5.91 Å². The molecule has 0 saturated heterocycles. The lowest BCUT2D eigenvalue weighted by Crippen LogP contribution is -2.17. The average molecular weight is 264 g/mol. The Morgan fingerprint density at radius 3 is 2.68 bits per heavy atom. The first-order chi connectivity index (χ1) is 9.08. The Balaban J connectivity index is 2.77. The summed E-state index contributed by atoms with van der Waals surface area (Å²) in [5.74, 6) is -0.557. The van der Waals surface area contributed by atoms with Crippen molar-refractivity contribution < 1.29 is 14.3 Å². The van der Waals surface area contributed by atoms with Crippen LogP contribution in [-0.2, 0) is 9.53 Å². The van der Waals surface area contributed by atoms with Crippen molar-refractivity contribution >= 4 is 17.6 Å². The number of hydrogen-bond acceptors (Lipinski definition) is 4. The van der Waals surface area contributed by atoms with E-state index in [-0.39, 0.29) is 5.91 Å². The maximum Gasteiger partial charge on any atom is 0.339 e. The summed E-state index contributed by atoms with van der Waals surface area (Å²) in [5, 5.41) is 5.72. The van der Waals surface area contributed by atoms with Crippen LogP contribution in [0, 0.1) is 6.92 Å². The van der Waals surface area contributed by atoms with Crippen LogP contribution in [0.4, 0.5) is 5.69 Å². The molecular weight excluding hydrogens is 244 g/mol. The van der Waals surface area contributed by atoms with Crippen LogP contribution in [0.1, 0.15) is 28.8 Å². The molecule has 1 aromatic rings. The minimum atomic E-state index is -0.450. The van der Waals surface area contributed by atoms with Gasteiger partial charge in [-0.05, 0) is 39.1 Å². The summed E-state index contributed by atoms with van der Waals surface area (Å²) in [5.41, 5.74) is 1.81. The molecule has 0 fully saturated rings. The van der Waals surface area contributed by atoms with Crippen molar-refractivity contribution in [2.75, 3.05) is 26.0 Å². The molecule has 19 heavy (non-hydrogen) atoms. The second kappa shape index (κ2) is 7.53. The molecular formula is C14H20N2O3. The Morgan fingerprint density at radius 1 is 1.32 bits per heavy atom. The molecule has 0 aliphatic rings. The van der Waals surface area contributed by atoms with E-state index in [1.165, 1.54) is 7.11 Å². The largest absolute Gasteiger partial charge is 0.465 e. The number of hydrogen-bond donors (Lipinski definition) is 2. The number of ether oxygens (including phenoxy) is 1. The Morgan fingerprint density at radius 2 is 2.05 bits per heavy atom. The van der Waals surface area contributed by atoms with Crippen LogP contribution >= 0.6 is 0 Å². The molecule has 1 aromatic carbocycles. The van der Waals surface area contributed by atoms with Crippen LogP contribution in [0.25, 0.3) is 0 Å². The third-order valence-electron chi connectivity index (χ3n) is 2.69. The molecule has 0 heterocycles. The fourth-order valence-electron chi connectivity index (χ4n) is 1.68. The van der Waals surface area contributed by atoms with Gasteiger partial charge >= 0.3 is 5.97 Å². The highest BCUT2D eigenvalue weighted by Gasteiger charge is 2.13. The molecule has 0 aliphatic heterocycles. The molecule has 1 rings (SSSR count). The van der Waals surface area contributed by atoms with Gasteiger partial charge in [0.1, 0.15) is 0 Å². The Hall–Kier alpha value is -1.88. The van der Waals surface area contributed by atoms with Crippen molar-refractivity contribution in [3.05, 3.63) is 29.3 Å². The molecule has 104 valence electrons. The molecule has 0 saturated carbocycles. The maximum absolute atomic E-state index is 11.7. The molecule has 0 aliphatic carbocycles. The molecule has 0 radical (unpaired) electrons. The lowest BCUT2D eigenvalue weighted by Gasteiger charge is -2.10. The number of esters is 1. The Kier molecular flexibility index (Phi) is 6.02. The van der Waals surface area contributed by atoms with Crippen LogP contribution in [0.2, 0.25) is 0 Å². The summed E-state index contributed by atoms with van der Waals surface area (Å²) in [6.07, 6.45) is 1.16. The molecule has 5 heteroatoms. The number of carbonyl (C=O) groups is 2. The quantitative estimate of drug-likeness (QED) is 0.606. The van der Waals surface area contributed by atoms with Crippen molar-refractivity contribution in [3.63, 3.8) is 0 Å². The number of methoxy groups -OCH3 is 1. The number of nitrogens with one attached hydrogen (secondary N) is 2. The highest BCUT2D eigenvalue weighted by atomic mass is 16.5. The van der Waals surface area contributed by atoms with Crippen molar-refractivity contribution in [1.29, 1.82) is 0 Å². The second-order valence-corrected chi connectivity index (χ2v) is 4.30. The zero-order chi connectivity index (χ0) is 14.3. The van der Waals surface area contributed by atoms with E-state index in [0.29, 0.717) is 17.7 Å². The van der Waals surface area contributed by atoms with Gasteiger partial charge in [0.05, 0.1) is 18.4 Å². The second-order valence-electron chi connectivity index (χ2n) is 4.30. The Labute approximate surface area is 113 Å². The van der Waals surface area contributed by atoms with E-state index in [0.717, 1.165) is 18.5 Å². The van der Waals surface area contributed by atoms with E-state index in [4.69, 9.17) is 4.74 Å². The molecule has 2 N–H and O–H groups in total. The molecule has 5 nitrogen and oxygen atoms in total. The van der Waals surface area contributed by atoms with Gasteiger partial charge in [0.25, 0.3) is 0 Å². The van der Waals surface area contributed by atoms with Gasteiger partial charge in [-0.1, -0.05) is 11.6 Å². The normalized spacial score (nSPS) is 10.1. The summed E-state index contributed by atoms with van der Waals surface area (Å²) >= 11 is 0. The standard InChI is InChI=1S/C14H20N2O3/c1-10-6-7-12(11(9-10)14(18)19-3)16-13(17)5-4-8-15-2/h6-7,9,15H,4-5,8H2,1-3H3,(H,16,17). The number of benzene rings is 1. The summed E-state index contributed by atoms with van der Waals surface area (Å²) in [6, 6.07) is 5.27. The molecule has 0 aromatic heterocycles. The first-order valence-corrected chi connectivity index (χ1v) is 6.22. The Bertz CT molecular complexity index is 458. The van der Waals surface area contributed by atoms with E-state index in [2.05, 4.69) is 10.6 Å². The van der Waals surface area contributed by atoms with E-state index in [1.54, 1.807) is 12.1 Å². The fraction of sp³-hybridized carbons (Fsp3) is 0.429. The first-order valence-electron chi connectivity index (χ1n) is 6.22. The monoisotopic (exact) mass is 264 g/mol. The van der Waals surface area contributed by atoms with Crippen molar-refractivity contribution in [2.24, 2.45) is 0 Å². The van der Waals surface area contributed by atoms with Crippen molar-refractivity contribution in [1.82, 2.24) is 5.32 Å². The summed E-state index contributed by atoms with van der Waals surface area (Å²) in [6.45, 7) is 2.66. The van der Waals surface area contributed by atoms with E-state index >= 15 is 0 Å². The third kappa shape index (κ3) is 4.71. The van der Waals surface area contributed by atoms with Crippen LogP contribution in [0.3, 0.4) is 0 Å². The SMILES string of the molecule is CNCCCC(=O)Nc1ccc(C)cc1C(=O)OC. The van der Waals surface area contributed by atoms with Gasteiger partial charge in [-0.2, -0.15) is 0 Å². The van der Waals surface area contributed by atoms with E-state index in [1.807, 2.05) is 20.0 Å². The number of anilines is 1. The molecule has 0 bridgehead atoms. The fourth-order valence-corrected chi connectivity index (χ4v) is 1.68.